The van der Waals surface area contributed by atoms with E-state index in [1.54, 1.807) is 7.11 Å². The standard InChI is InChI=1S/C16H19NO3S/c1-4-11-8-10(6-7-13(11)20-3)9-14-17-12(5-2)15(21-14)16(18)19/h6-8H,4-5,9H2,1-3H3,(H,18,19). The number of nitrogens with zero attached hydrogens (tertiary/aromatic N) is 1. The van der Waals surface area contributed by atoms with Gasteiger partial charge in [-0.3, -0.25) is 0 Å². The van der Waals surface area contributed by atoms with E-state index >= 15 is 0 Å². The third-order valence-corrected chi connectivity index (χ3v) is 4.44. The number of rotatable bonds is 6. The van der Waals surface area contributed by atoms with E-state index in [-0.39, 0.29) is 0 Å². The minimum absolute atomic E-state index is 0.358. The summed E-state index contributed by atoms with van der Waals surface area (Å²) in [6.45, 7) is 4.01. The molecule has 21 heavy (non-hydrogen) atoms. The molecule has 0 aliphatic carbocycles. The maximum atomic E-state index is 11.2. The third-order valence-electron chi connectivity index (χ3n) is 3.35. The van der Waals surface area contributed by atoms with Crippen LogP contribution in [0.1, 0.15) is 45.3 Å². The monoisotopic (exact) mass is 305 g/mol. The van der Waals surface area contributed by atoms with E-state index in [0.717, 1.165) is 28.3 Å². The van der Waals surface area contributed by atoms with Gasteiger partial charge in [-0.2, -0.15) is 0 Å². The highest BCUT2D eigenvalue weighted by Gasteiger charge is 2.16. The van der Waals surface area contributed by atoms with Crippen molar-refractivity contribution < 1.29 is 14.6 Å². The number of thiazole rings is 1. The Kier molecular flexibility index (Phi) is 4.96. The number of methoxy groups -OCH3 is 1. The summed E-state index contributed by atoms with van der Waals surface area (Å²) in [6.07, 6.45) is 2.19. The lowest BCUT2D eigenvalue weighted by Crippen LogP contribution is -1.97. The summed E-state index contributed by atoms with van der Waals surface area (Å²) in [4.78, 5) is 16.0. The van der Waals surface area contributed by atoms with Gasteiger partial charge in [0.2, 0.25) is 0 Å². The molecule has 1 aromatic heterocycles. The highest BCUT2D eigenvalue weighted by atomic mass is 32.1. The fourth-order valence-corrected chi connectivity index (χ4v) is 3.30. The number of carboxylic acids is 1. The second kappa shape index (κ2) is 6.72. The lowest BCUT2D eigenvalue weighted by Gasteiger charge is -2.08. The maximum absolute atomic E-state index is 11.2. The van der Waals surface area contributed by atoms with E-state index < -0.39 is 5.97 Å². The second-order valence-corrected chi connectivity index (χ2v) is 5.80. The Balaban J connectivity index is 2.28. The number of carboxylic acid groups (broad SMARTS) is 1. The lowest BCUT2D eigenvalue weighted by atomic mass is 10.1. The van der Waals surface area contributed by atoms with Crippen molar-refractivity contribution in [3.63, 3.8) is 0 Å². The van der Waals surface area contributed by atoms with Crippen molar-refractivity contribution in [2.45, 2.75) is 33.1 Å². The zero-order valence-electron chi connectivity index (χ0n) is 12.5. The van der Waals surface area contributed by atoms with Crippen LogP contribution in [0.25, 0.3) is 0 Å². The van der Waals surface area contributed by atoms with E-state index in [4.69, 9.17) is 4.74 Å². The highest BCUT2D eigenvalue weighted by molar-refractivity contribution is 7.13. The van der Waals surface area contributed by atoms with Gasteiger partial charge in [0.1, 0.15) is 10.6 Å². The van der Waals surface area contributed by atoms with Gasteiger partial charge in [0.25, 0.3) is 0 Å². The maximum Gasteiger partial charge on any atom is 0.347 e. The van der Waals surface area contributed by atoms with Gasteiger partial charge in [-0.15, -0.1) is 11.3 Å². The molecule has 0 aliphatic heterocycles. The number of benzene rings is 1. The normalized spacial score (nSPS) is 10.6. The number of hydrogen-bond acceptors (Lipinski definition) is 4. The van der Waals surface area contributed by atoms with Crippen LogP contribution in [0.2, 0.25) is 0 Å². The summed E-state index contributed by atoms with van der Waals surface area (Å²) in [5, 5.41) is 10.0. The van der Waals surface area contributed by atoms with E-state index in [9.17, 15) is 9.90 Å². The van der Waals surface area contributed by atoms with Crippen LogP contribution in [-0.2, 0) is 19.3 Å². The fourth-order valence-electron chi connectivity index (χ4n) is 2.28. The van der Waals surface area contributed by atoms with Gasteiger partial charge >= 0.3 is 5.97 Å². The van der Waals surface area contributed by atoms with E-state index in [2.05, 4.69) is 18.0 Å². The van der Waals surface area contributed by atoms with Gasteiger partial charge in [-0.1, -0.05) is 26.0 Å². The molecule has 0 saturated carbocycles. The Morgan fingerprint density at radius 2 is 2.10 bits per heavy atom. The molecule has 0 aliphatic rings. The van der Waals surface area contributed by atoms with Gasteiger partial charge in [-0.05, 0) is 30.0 Å². The van der Waals surface area contributed by atoms with Crippen molar-refractivity contribution in [2.24, 2.45) is 0 Å². The van der Waals surface area contributed by atoms with Crippen LogP contribution < -0.4 is 4.74 Å². The molecular formula is C16H19NO3S. The van der Waals surface area contributed by atoms with Crippen LogP contribution in [0.5, 0.6) is 5.75 Å². The predicted octanol–water partition coefficient (Wildman–Crippen LogP) is 3.57. The molecule has 5 heteroatoms. The van der Waals surface area contributed by atoms with Gasteiger partial charge in [0, 0.05) is 6.42 Å². The van der Waals surface area contributed by atoms with Crippen LogP contribution in [0.15, 0.2) is 18.2 Å². The molecule has 0 saturated heterocycles. The summed E-state index contributed by atoms with van der Waals surface area (Å²) >= 11 is 1.27. The number of aromatic carboxylic acids is 1. The highest BCUT2D eigenvalue weighted by Crippen LogP contribution is 2.25. The zero-order valence-corrected chi connectivity index (χ0v) is 13.3. The molecule has 4 nitrogen and oxygen atoms in total. The van der Waals surface area contributed by atoms with Crippen molar-refractivity contribution in [3.8, 4) is 5.75 Å². The average molecular weight is 305 g/mol. The molecule has 0 fully saturated rings. The average Bonchev–Trinajstić information content (AvgIpc) is 2.90. The molecule has 0 unspecified atom stereocenters. The molecule has 0 bridgehead atoms. The molecule has 1 heterocycles. The summed E-state index contributed by atoms with van der Waals surface area (Å²) in [5.74, 6) is 0.000407. The first-order chi connectivity index (χ1) is 10.1. The largest absolute Gasteiger partial charge is 0.496 e. The Hall–Kier alpha value is -1.88. The van der Waals surface area contributed by atoms with Crippen molar-refractivity contribution >= 4 is 17.3 Å². The number of ether oxygens (including phenoxy) is 1. The zero-order chi connectivity index (χ0) is 15.4. The number of hydrogen-bond donors (Lipinski definition) is 1. The lowest BCUT2D eigenvalue weighted by molar-refractivity contribution is 0.0701. The van der Waals surface area contributed by atoms with E-state index in [1.165, 1.54) is 11.3 Å². The Morgan fingerprint density at radius 3 is 2.62 bits per heavy atom. The predicted molar refractivity (Wildman–Crippen MR) is 83.6 cm³/mol. The summed E-state index contributed by atoms with van der Waals surface area (Å²) in [5.41, 5.74) is 2.95. The first-order valence-electron chi connectivity index (χ1n) is 6.96. The van der Waals surface area contributed by atoms with Crippen LogP contribution in [0.3, 0.4) is 0 Å². The quantitative estimate of drug-likeness (QED) is 0.886. The van der Waals surface area contributed by atoms with Crippen molar-refractivity contribution in [3.05, 3.63) is 44.9 Å². The molecule has 2 rings (SSSR count). The molecule has 112 valence electrons. The second-order valence-electron chi connectivity index (χ2n) is 4.72. The van der Waals surface area contributed by atoms with Gasteiger partial charge in [-0.25, -0.2) is 9.78 Å². The summed E-state index contributed by atoms with van der Waals surface area (Å²) in [6, 6.07) is 6.07. The van der Waals surface area contributed by atoms with E-state index in [0.29, 0.717) is 23.4 Å². The first-order valence-corrected chi connectivity index (χ1v) is 7.78. The molecule has 2 aromatic rings. The molecular weight excluding hydrogens is 286 g/mol. The molecule has 1 N–H and O–H groups in total. The minimum atomic E-state index is -0.889. The number of aryl methyl sites for hydroxylation is 2. The summed E-state index contributed by atoms with van der Waals surface area (Å²) < 4.78 is 5.32. The Labute approximate surface area is 128 Å². The molecule has 0 radical (unpaired) electrons. The molecule has 0 atom stereocenters. The number of carbonyl (C=O) groups is 1. The Morgan fingerprint density at radius 1 is 1.33 bits per heavy atom. The fraction of sp³-hybridized carbons (Fsp3) is 0.375. The summed E-state index contributed by atoms with van der Waals surface area (Å²) in [7, 11) is 1.67. The van der Waals surface area contributed by atoms with Gasteiger partial charge in [0.05, 0.1) is 17.8 Å². The van der Waals surface area contributed by atoms with Crippen molar-refractivity contribution in [2.75, 3.05) is 7.11 Å². The van der Waals surface area contributed by atoms with Gasteiger partial charge in [0.15, 0.2) is 0 Å². The molecule has 0 spiro atoms. The van der Waals surface area contributed by atoms with Crippen LogP contribution in [-0.4, -0.2) is 23.2 Å². The smallest absolute Gasteiger partial charge is 0.347 e. The van der Waals surface area contributed by atoms with Crippen molar-refractivity contribution in [1.82, 2.24) is 4.98 Å². The third kappa shape index (κ3) is 3.42. The van der Waals surface area contributed by atoms with Gasteiger partial charge < -0.3 is 9.84 Å². The van der Waals surface area contributed by atoms with Crippen LogP contribution in [0.4, 0.5) is 0 Å². The number of aromatic nitrogens is 1. The minimum Gasteiger partial charge on any atom is -0.496 e. The van der Waals surface area contributed by atoms with Crippen molar-refractivity contribution in [1.29, 1.82) is 0 Å². The first kappa shape index (κ1) is 15.5. The SMILES string of the molecule is CCc1cc(Cc2nc(CC)c(C(=O)O)s2)ccc1OC. The molecule has 1 aromatic carbocycles. The topological polar surface area (TPSA) is 59.4 Å². The van der Waals surface area contributed by atoms with E-state index in [1.807, 2.05) is 19.1 Å². The molecule has 0 amide bonds. The Bertz CT molecular complexity index is 649. The van der Waals surface area contributed by atoms with Crippen LogP contribution in [0, 0.1) is 0 Å². The van der Waals surface area contributed by atoms with Crippen LogP contribution >= 0.6 is 11.3 Å².